The van der Waals surface area contributed by atoms with Crippen LogP contribution >= 0.6 is 0 Å². The molecule has 2 heteroatoms. The number of nitrogens with zero attached hydrogens (tertiary/aromatic N) is 1. The molecule has 0 spiro atoms. The van der Waals surface area contributed by atoms with Gasteiger partial charge >= 0.3 is 0 Å². The molecule has 1 heterocycles. The zero-order valence-electron chi connectivity index (χ0n) is 6.22. The standard InChI is InChI=1S/C7H13NO/c1-5(2)7-8-6(3)4-9-7/h5-6H,4H2,1-3H3. The normalized spacial score (nSPS) is 26.2. The molecular formula is C7H13NO. The Labute approximate surface area is 55.9 Å². The molecule has 0 fully saturated rings. The molecule has 52 valence electrons. The lowest BCUT2D eigenvalue weighted by atomic mass is 10.2. The highest BCUT2D eigenvalue weighted by Crippen LogP contribution is 2.09. The summed E-state index contributed by atoms with van der Waals surface area (Å²) in [7, 11) is 0. The van der Waals surface area contributed by atoms with Crippen LogP contribution in [0.25, 0.3) is 0 Å². The largest absolute Gasteiger partial charge is 0.479 e. The highest BCUT2D eigenvalue weighted by atomic mass is 16.5. The molecule has 0 saturated heterocycles. The fraction of sp³-hybridized carbons (Fsp3) is 0.857. The summed E-state index contributed by atoms with van der Waals surface area (Å²) in [6.07, 6.45) is 0. The van der Waals surface area contributed by atoms with Gasteiger partial charge < -0.3 is 4.74 Å². The van der Waals surface area contributed by atoms with Crippen molar-refractivity contribution < 1.29 is 4.74 Å². The van der Waals surface area contributed by atoms with E-state index >= 15 is 0 Å². The van der Waals surface area contributed by atoms with Crippen LogP contribution in [-0.4, -0.2) is 18.5 Å². The van der Waals surface area contributed by atoms with Crippen molar-refractivity contribution in [3.05, 3.63) is 0 Å². The van der Waals surface area contributed by atoms with Crippen LogP contribution in [0.15, 0.2) is 4.99 Å². The van der Waals surface area contributed by atoms with Gasteiger partial charge in [-0.05, 0) is 6.92 Å². The molecule has 1 unspecified atom stereocenters. The SMILES string of the molecule is CC1COC(C(C)C)=N1. The maximum Gasteiger partial charge on any atom is 0.186 e. The van der Waals surface area contributed by atoms with Gasteiger partial charge in [0.2, 0.25) is 0 Å². The van der Waals surface area contributed by atoms with Gasteiger partial charge in [0.25, 0.3) is 0 Å². The van der Waals surface area contributed by atoms with Crippen molar-refractivity contribution in [2.45, 2.75) is 26.8 Å². The highest BCUT2D eigenvalue weighted by Gasteiger charge is 2.16. The van der Waals surface area contributed by atoms with Crippen LogP contribution in [0, 0.1) is 5.92 Å². The fourth-order valence-electron chi connectivity index (χ4n) is 0.813. The smallest absolute Gasteiger partial charge is 0.186 e. The molecule has 9 heavy (non-hydrogen) atoms. The van der Waals surface area contributed by atoms with E-state index in [1.54, 1.807) is 0 Å². The predicted octanol–water partition coefficient (Wildman–Crippen LogP) is 1.46. The maximum atomic E-state index is 5.28. The third kappa shape index (κ3) is 1.44. The number of hydrogen-bond donors (Lipinski definition) is 0. The van der Waals surface area contributed by atoms with Crippen molar-refractivity contribution in [2.24, 2.45) is 10.9 Å². The highest BCUT2D eigenvalue weighted by molar-refractivity contribution is 5.79. The van der Waals surface area contributed by atoms with Crippen LogP contribution in [0.5, 0.6) is 0 Å². The minimum atomic E-state index is 0.377. The molecule has 1 aliphatic rings. The van der Waals surface area contributed by atoms with Crippen LogP contribution in [0.4, 0.5) is 0 Å². The zero-order chi connectivity index (χ0) is 6.85. The van der Waals surface area contributed by atoms with Crippen LogP contribution in [-0.2, 0) is 4.74 Å². The molecule has 1 aliphatic heterocycles. The van der Waals surface area contributed by atoms with Crippen molar-refractivity contribution in [3.8, 4) is 0 Å². The summed E-state index contributed by atoms with van der Waals surface area (Å²) >= 11 is 0. The van der Waals surface area contributed by atoms with E-state index < -0.39 is 0 Å². The lowest BCUT2D eigenvalue weighted by Gasteiger charge is -2.01. The van der Waals surface area contributed by atoms with Gasteiger partial charge in [0.1, 0.15) is 6.61 Å². The Morgan fingerprint density at radius 2 is 2.33 bits per heavy atom. The van der Waals surface area contributed by atoms with E-state index in [4.69, 9.17) is 4.74 Å². The van der Waals surface area contributed by atoms with E-state index in [1.807, 2.05) is 0 Å². The molecule has 1 atom stereocenters. The summed E-state index contributed by atoms with van der Waals surface area (Å²) in [6, 6.07) is 0.377. The first-order valence-corrected chi connectivity index (χ1v) is 3.40. The van der Waals surface area contributed by atoms with Crippen molar-refractivity contribution in [1.82, 2.24) is 0 Å². The Kier molecular flexibility index (Phi) is 1.74. The zero-order valence-corrected chi connectivity index (χ0v) is 6.22. The maximum absolute atomic E-state index is 5.28. The van der Waals surface area contributed by atoms with Gasteiger partial charge in [-0.15, -0.1) is 0 Å². The molecule has 0 amide bonds. The molecule has 0 N–H and O–H groups in total. The van der Waals surface area contributed by atoms with Crippen molar-refractivity contribution in [2.75, 3.05) is 6.61 Å². The van der Waals surface area contributed by atoms with Gasteiger partial charge in [0, 0.05) is 5.92 Å². The van der Waals surface area contributed by atoms with E-state index in [9.17, 15) is 0 Å². The first-order valence-electron chi connectivity index (χ1n) is 3.40. The third-order valence-corrected chi connectivity index (χ3v) is 1.31. The van der Waals surface area contributed by atoms with Crippen LogP contribution in [0.3, 0.4) is 0 Å². The van der Waals surface area contributed by atoms with Gasteiger partial charge in [-0.1, -0.05) is 13.8 Å². The molecule has 0 saturated carbocycles. The molecule has 0 aromatic heterocycles. The van der Waals surface area contributed by atoms with Crippen LogP contribution in [0.1, 0.15) is 20.8 Å². The van der Waals surface area contributed by atoms with E-state index in [0.717, 1.165) is 12.5 Å². The van der Waals surface area contributed by atoms with Crippen molar-refractivity contribution in [1.29, 1.82) is 0 Å². The van der Waals surface area contributed by atoms with E-state index in [1.165, 1.54) is 0 Å². The Morgan fingerprint density at radius 3 is 2.56 bits per heavy atom. The topological polar surface area (TPSA) is 21.6 Å². The summed E-state index contributed by atoms with van der Waals surface area (Å²) in [6.45, 7) is 7.02. The average molecular weight is 127 g/mol. The monoisotopic (exact) mass is 127 g/mol. The third-order valence-electron chi connectivity index (χ3n) is 1.31. The molecular weight excluding hydrogens is 114 g/mol. The quantitative estimate of drug-likeness (QED) is 0.522. The second-order valence-electron chi connectivity index (χ2n) is 2.78. The number of rotatable bonds is 1. The van der Waals surface area contributed by atoms with Crippen molar-refractivity contribution >= 4 is 5.90 Å². The second kappa shape index (κ2) is 2.38. The first kappa shape index (κ1) is 6.59. The Bertz CT molecular complexity index is 129. The molecule has 2 nitrogen and oxygen atoms in total. The molecule has 0 bridgehead atoms. The lowest BCUT2D eigenvalue weighted by Crippen LogP contribution is -2.06. The first-order chi connectivity index (χ1) is 4.20. The summed E-state index contributed by atoms with van der Waals surface area (Å²) in [5.41, 5.74) is 0. The van der Waals surface area contributed by atoms with Gasteiger partial charge in [0.05, 0.1) is 6.04 Å². The number of ether oxygens (including phenoxy) is 1. The Morgan fingerprint density at radius 1 is 1.67 bits per heavy atom. The number of hydrogen-bond acceptors (Lipinski definition) is 2. The van der Waals surface area contributed by atoms with Gasteiger partial charge in [-0.2, -0.15) is 0 Å². The van der Waals surface area contributed by atoms with E-state index in [0.29, 0.717) is 12.0 Å². The fourth-order valence-corrected chi connectivity index (χ4v) is 0.813. The number of aliphatic imine (C=N–C) groups is 1. The molecule has 0 aromatic rings. The van der Waals surface area contributed by atoms with E-state index in [2.05, 4.69) is 25.8 Å². The lowest BCUT2D eigenvalue weighted by molar-refractivity contribution is 0.307. The summed E-state index contributed by atoms with van der Waals surface area (Å²) in [5, 5.41) is 0. The summed E-state index contributed by atoms with van der Waals surface area (Å²) < 4.78 is 5.28. The van der Waals surface area contributed by atoms with Crippen LogP contribution < -0.4 is 0 Å². The average Bonchev–Trinajstić information content (AvgIpc) is 2.14. The Hall–Kier alpha value is -0.530. The molecule has 1 rings (SSSR count). The van der Waals surface area contributed by atoms with Gasteiger partial charge in [-0.3, -0.25) is 0 Å². The van der Waals surface area contributed by atoms with Crippen molar-refractivity contribution in [3.63, 3.8) is 0 Å². The minimum Gasteiger partial charge on any atom is -0.479 e. The molecule has 0 radical (unpaired) electrons. The summed E-state index contributed by atoms with van der Waals surface area (Å²) in [4.78, 5) is 4.28. The van der Waals surface area contributed by atoms with Gasteiger partial charge in [-0.25, -0.2) is 4.99 Å². The van der Waals surface area contributed by atoms with E-state index in [-0.39, 0.29) is 0 Å². The molecule has 0 aromatic carbocycles. The second-order valence-corrected chi connectivity index (χ2v) is 2.78. The minimum absolute atomic E-state index is 0.377. The summed E-state index contributed by atoms with van der Waals surface area (Å²) in [5.74, 6) is 1.37. The van der Waals surface area contributed by atoms with Gasteiger partial charge in [0.15, 0.2) is 5.90 Å². The van der Waals surface area contributed by atoms with Crippen LogP contribution in [0.2, 0.25) is 0 Å². The Balaban J connectivity index is 2.52. The molecule has 0 aliphatic carbocycles. The predicted molar refractivity (Wildman–Crippen MR) is 37.7 cm³/mol.